The maximum atomic E-state index is 14.0. The number of nitrogens with one attached hydrogen (secondary N) is 3. The lowest BCUT2D eigenvalue weighted by atomic mass is 10.0. The zero-order chi connectivity index (χ0) is 77.5. The van der Waals surface area contributed by atoms with Gasteiger partial charge in [-0.3, -0.25) is 33.6 Å². The van der Waals surface area contributed by atoms with Crippen molar-refractivity contribution < 1.29 is 80.3 Å². The van der Waals surface area contributed by atoms with Gasteiger partial charge in [0.05, 0.1) is 11.3 Å². The van der Waals surface area contributed by atoms with E-state index in [0.717, 1.165) is 42.4 Å². The molecule has 0 aliphatic carbocycles. The number of amides is 1. The van der Waals surface area contributed by atoms with Gasteiger partial charge < -0.3 is 26.1 Å². The zero-order valence-corrected chi connectivity index (χ0v) is 58.9. The molecule has 0 aliphatic rings. The summed E-state index contributed by atoms with van der Waals surface area (Å²) in [5.41, 5.74) is 8.59. The van der Waals surface area contributed by atoms with Crippen LogP contribution in [-0.4, -0.2) is 129 Å². The second-order valence-corrected chi connectivity index (χ2v) is 30.4. The number of pyridine rings is 2. The van der Waals surface area contributed by atoms with Crippen LogP contribution in [0.4, 0.5) is 28.9 Å². The first kappa shape index (κ1) is 80.7. The number of rotatable bonds is 16. The van der Waals surface area contributed by atoms with Gasteiger partial charge in [-0.2, -0.15) is 0 Å². The Bertz CT molecular complexity index is 5840. The van der Waals surface area contributed by atoms with Gasteiger partial charge in [0.25, 0.3) is 11.1 Å². The molecule has 0 atom stereocenters. The number of aromatic amines is 2. The maximum absolute atomic E-state index is 14.0. The first-order chi connectivity index (χ1) is 50.1. The topological polar surface area (TPSA) is 397 Å². The number of hydrogen-bond donors (Lipinski definition) is 5. The molecule has 4 heterocycles. The summed E-state index contributed by atoms with van der Waals surface area (Å²) in [6, 6.07) is 48.8. The van der Waals surface area contributed by atoms with Crippen LogP contribution in [-0.2, 0) is 48.9 Å². The van der Waals surface area contributed by atoms with Crippen molar-refractivity contribution in [2.75, 3.05) is 41.3 Å². The number of H-pyrrole nitrogens is 2. The SMILES string of the molecule is CS(=O)(=O)CC(=O)Nc1ccc(F)cc1C(=O)c1ccccc1.CS(=O)(=O)CC(=O)O.CS(=O)(=O)c1c(-c2ccccc2)c2cc(F)ccc2[nH]c1=O.Nc1ccc(F)cc1C(=O)c1ccccc1.O=Cc1cncnc1.O=c1[nH]c2ccc(F)cc2c(-c2ccccc2)c1S(=O)(=O)/C=C/c1cncnc1. The highest BCUT2D eigenvalue weighted by Gasteiger charge is 2.26. The number of carbonyl (C=O) groups is 5. The van der Waals surface area contributed by atoms with Crippen LogP contribution in [0.5, 0.6) is 0 Å². The number of halogens is 4. The van der Waals surface area contributed by atoms with Crippen molar-refractivity contribution >= 4 is 108 Å². The monoisotopic (exact) mass is 1520 g/mol. The number of benzene rings is 8. The van der Waals surface area contributed by atoms with Crippen LogP contribution in [0.1, 0.15) is 47.8 Å². The first-order valence-electron chi connectivity index (χ1n) is 30.4. The summed E-state index contributed by atoms with van der Waals surface area (Å²) in [6.07, 6.45) is 13.3. The highest BCUT2D eigenvalue weighted by Crippen LogP contribution is 2.35. The van der Waals surface area contributed by atoms with Gasteiger partial charge >= 0.3 is 5.97 Å². The number of carboxylic acids is 1. The van der Waals surface area contributed by atoms with E-state index in [1.54, 1.807) is 115 Å². The van der Waals surface area contributed by atoms with Gasteiger partial charge in [-0.25, -0.2) is 71.2 Å². The Morgan fingerprint density at radius 3 is 1.29 bits per heavy atom. The zero-order valence-electron chi connectivity index (χ0n) is 55.7. The van der Waals surface area contributed by atoms with Gasteiger partial charge in [-0.15, -0.1) is 0 Å². The summed E-state index contributed by atoms with van der Waals surface area (Å²) in [4.78, 5) is 99.8. The molecule has 0 saturated heterocycles. The Morgan fingerprint density at radius 2 is 0.877 bits per heavy atom. The minimum Gasteiger partial charge on any atom is -0.480 e. The van der Waals surface area contributed by atoms with Gasteiger partial charge in [-0.05, 0) is 90.0 Å². The average Bonchev–Trinajstić information content (AvgIpc) is 0.755. The molecule has 0 bridgehead atoms. The number of carboxylic acid groups (broad SMARTS) is 1. The predicted octanol–water partition coefficient (Wildman–Crippen LogP) is 10.4. The number of nitrogens with two attached hydrogens (primary N) is 1. The van der Waals surface area contributed by atoms with Crippen molar-refractivity contribution in [1.82, 2.24) is 29.9 Å². The van der Waals surface area contributed by atoms with E-state index < -0.39 is 108 Å². The molecule has 0 spiro atoms. The lowest BCUT2D eigenvalue weighted by molar-refractivity contribution is -0.134. The third kappa shape index (κ3) is 23.7. The molecule has 4 aromatic heterocycles. The number of nitrogen functional groups attached to an aromatic ring is 1. The Labute approximate surface area is 602 Å². The molecule has 0 saturated carbocycles. The van der Waals surface area contributed by atoms with Crippen LogP contribution in [0.25, 0.3) is 50.1 Å². The number of anilines is 2. The van der Waals surface area contributed by atoms with Crippen LogP contribution < -0.4 is 22.2 Å². The van der Waals surface area contributed by atoms with Crippen LogP contribution in [0, 0.1) is 23.3 Å². The Kier molecular flexibility index (Phi) is 27.8. The molecule has 1 amide bonds. The molecule has 0 fully saturated rings. The Morgan fingerprint density at radius 1 is 0.491 bits per heavy atom. The van der Waals surface area contributed by atoms with Crippen molar-refractivity contribution in [3.8, 4) is 22.3 Å². The standard InChI is InChI=1S/C21H14FN3O3S.C16H14FNO4S.C16H12FNO3S.C13H10FNO.C5H4N2O.C3H6O4S/c22-16-6-7-18-17(10-16)19(15-4-2-1-3-5-15)20(21(26)25-18)29(27,28)9-8-14-11-23-13-24-12-14;1-23(21,22)10-15(19)18-14-8-7-12(17)9-13(14)16(20)11-5-3-2-4-6-11;1-22(20,21)15-14(10-5-3-2-4-6-10)12-9-11(17)7-8-13(12)18-16(15)19;14-10-6-7-12(15)11(8-10)13(16)9-4-2-1-3-5-9;8-3-5-1-6-4-7-2-5;1-8(6,7)2-3(4)5/h1-13H,(H,25,26);2-9H,10H2,1H3,(H,18,19);2-9H,1H3,(H,18,19);1-8H,15H2;1-4H;2H2,1H3,(H,4,5)/b9-8+;;;;;. The molecular formula is C74H60F4N8O16S4. The van der Waals surface area contributed by atoms with Gasteiger partial charge in [-0.1, -0.05) is 121 Å². The van der Waals surface area contributed by atoms with E-state index in [9.17, 15) is 84.8 Å². The van der Waals surface area contributed by atoms with E-state index in [2.05, 4.69) is 35.2 Å². The van der Waals surface area contributed by atoms with Crippen molar-refractivity contribution in [1.29, 1.82) is 0 Å². The predicted molar refractivity (Wildman–Crippen MR) is 391 cm³/mol. The largest absolute Gasteiger partial charge is 0.480 e. The number of ketones is 2. The molecule has 12 rings (SSSR count). The normalized spacial score (nSPS) is 11.1. The van der Waals surface area contributed by atoms with Gasteiger partial charge in [0.2, 0.25) is 15.7 Å². The van der Waals surface area contributed by atoms with Crippen LogP contribution in [0.2, 0.25) is 0 Å². The fourth-order valence-corrected chi connectivity index (χ4v) is 12.9. The molecule has 8 aromatic carbocycles. The molecule has 6 N–H and O–H groups in total. The number of carbonyl (C=O) groups excluding carboxylic acids is 4. The highest BCUT2D eigenvalue weighted by molar-refractivity contribution is 7.94. The van der Waals surface area contributed by atoms with Gasteiger partial charge in [0, 0.05) is 115 Å². The van der Waals surface area contributed by atoms with Crippen LogP contribution in [0.15, 0.2) is 256 Å². The van der Waals surface area contributed by atoms with Crippen molar-refractivity contribution in [2.24, 2.45) is 0 Å². The van der Waals surface area contributed by atoms with E-state index in [0.29, 0.717) is 61.5 Å². The average molecular weight is 1520 g/mol. The van der Waals surface area contributed by atoms with E-state index in [1.807, 2.05) is 6.07 Å². The molecule has 32 heteroatoms. The molecular weight excluding hydrogens is 1460 g/mol. The van der Waals surface area contributed by atoms with Crippen LogP contribution in [0.3, 0.4) is 0 Å². The lowest BCUT2D eigenvalue weighted by Gasteiger charge is -2.12. The minimum absolute atomic E-state index is 0.0435. The lowest BCUT2D eigenvalue weighted by Crippen LogP contribution is -2.23. The molecule has 24 nitrogen and oxygen atoms in total. The summed E-state index contributed by atoms with van der Waals surface area (Å²) < 4.78 is 147. The Hall–Kier alpha value is -12.7. The van der Waals surface area contributed by atoms with Crippen molar-refractivity contribution in [3.05, 3.63) is 314 Å². The maximum Gasteiger partial charge on any atom is 0.318 e. The van der Waals surface area contributed by atoms with Crippen LogP contribution >= 0.6 is 0 Å². The fourth-order valence-electron chi connectivity index (χ4n) is 9.58. The van der Waals surface area contributed by atoms with Gasteiger partial charge in [0.15, 0.2) is 47.4 Å². The molecule has 0 aliphatic heterocycles. The van der Waals surface area contributed by atoms with E-state index >= 15 is 0 Å². The number of sulfone groups is 4. The number of aldehydes is 1. The third-order valence-electron chi connectivity index (χ3n) is 14.0. The number of aliphatic carboxylic acids is 1. The molecule has 12 aromatic rings. The quantitative estimate of drug-likeness (QED) is 0.0260. The summed E-state index contributed by atoms with van der Waals surface area (Å²) in [5.74, 6) is -6.49. The highest BCUT2D eigenvalue weighted by atomic mass is 32.2. The summed E-state index contributed by atoms with van der Waals surface area (Å²) in [5, 5.41) is 11.8. The fraction of sp³-hybridized carbons (Fsp3) is 0.0676. The first-order valence-corrected chi connectivity index (χ1v) is 38.0. The second kappa shape index (κ2) is 36.5. The summed E-state index contributed by atoms with van der Waals surface area (Å²) >= 11 is 0. The number of hydrogen-bond acceptors (Lipinski definition) is 20. The second-order valence-electron chi connectivity index (χ2n) is 22.4. The van der Waals surface area contributed by atoms with Gasteiger partial charge in [0.1, 0.15) is 57.2 Å². The number of nitrogens with zero attached hydrogens (tertiary/aromatic N) is 4. The molecule has 106 heavy (non-hydrogen) atoms. The molecule has 544 valence electrons. The minimum atomic E-state index is -4.17. The Balaban J connectivity index is 0.000000187. The number of aromatic nitrogens is 6. The van der Waals surface area contributed by atoms with Crippen molar-refractivity contribution in [3.63, 3.8) is 0 Å². The molecule has 0 radical (unpaired) electrons. The summed E-state index contributed by atoms with van der Waals surface area (Å²) in [6.45, 7) is 0. The smallest absolute Gasteiger partial charge is 0.318 e. The van der Waals surface area contributed by atoms with E-state index in [1.165, 1.54) is 98.1 Å². The van der Waals surface area contributed by atoms with E-state index in [4.69, 9.17) is 10.8 Å². The number of fused-ring (bicyclic) bond motifs is 2. The van der Waals surface area contributed by atoms with E-state index in [-0.39, 0.29) is 44.3 Å². The summed E-state index contributed by atoms with van der Waals surface area (Å²) in [7, 11) is -14.8. The van der Waals surface area contributed by atoms with Crippen molar-refractivity contribution in [2.45, 2.75) is 9.79 Å². The molecule has 0 unspecified atom stereocenters. The third-order valence-corrected chi connectivity index (χ3v) is 18.1.